The third-order valence-corrected chi connectivity index (χ3v) is 4.72. The van der Waals surface area contributed by atoms with Crippen molar-refractivity contribution >= 4 is 15.7 Å². The van der Waals surface area contributed by atoms with Gasteiger partial charge in [0.2, 0.25) is 10.0 Å². The summed E-state index contributed by atoms with van der Waals surface area (Å²) >= 11 is 0. The fraction of sp³-hybridized carbons (Fsp3) is 0.273. The van der Waals surface area contributed by atoms with Crippen LogP contribution in [-0.2, 0) is 16.6 Å². The Morgan fingerprint density at radius 1 is 1.43 bits per heavy atom. The van der Waals surface area contributed by atoms with Crippen LogP contribution < -0.4 is 0 Å². The Kier molecular flexibility index (Phi) is 4.00. The lowest BCUT2D eigenvalue weighted by atomic mass is 10.2. The monoisotopic (exact) mass is 311 g/mol. The molecule has 0 bridgehead atoms. The standard InChI is InChI=1S/C11H13N5O4S/c1-8-3-4-9(5-10(8)16(17)18)21(19,20)15(2)6-11-12-7-13-14-11/h3-5,7H,6H2,1-2H3,(H,12,13,14). The van der Waals surface area contributed by atoms with E-state index in [9.17, 15) is 18.5 Å². The van der Waals surface area contributed by atoms with Crippen molar-refractivity contribution in [2.24, 2.45) is 0 Å². The Bertz CT molecular complexity index is 757. The minimum absolute atomic E-state index is 0.00991. The molecular weight excluding hydrogens is 298 g/mol. The number of nitro groups is 1. The van der Waals surface area contributed by atoms with Crippen molar-refractivity contribution in [2.45, 2.75) is 18.4 Å². The van der Waals surface area contributed by atoms with Crippen LogP contribution in [0.1, 0.15) is 11.4 Å². The van der Waals surface area contributed by atoms with Gasteiger partial charge in [-0.05, 0) is 13.0 Å². The smallest absolute Gasteiger partial charge is 0.262 e. The number of hydrogen-bond donors (Lipinski definition) is 1. The third kappa shape index (κ3) is 3.06. The number of H-pyrrole nitrogens is 1. The van der Waals surface area contributed by atoms with Crippen LogP contribution in [0, 0.1) is 17.0 Å². The summed E-state index contributed by atoms with van der Waals surface area (Å²) in [6.07, 6.45) is 1.27. The number of aryl methyl sites for hydroxylation is 1. The molecule has 0 aliphatic heterocycles. The fourth-order valence-electron chi connectivity index (χ4n) is 1.73. The van der Waals surface area contributed by atoms with Crippen LogP contribution in [0.2, 0.25) is 0 Å². The summed E-state index contributed by atoms with van der Waals surface area (Å²) in [5, 5.41) is 17.1. The Morgan fingerprint density at radius 2 is 2.14 bits per heavy atom. The second kappa shape index (κ2) is 5.58. The maximum absolute atomic E-state index is 12.4. The summed E-state index contributed by atoms with van der Waals surface area (Å²) in [6.45, 7) is 1.54. The van der Waals surface area contributed by atoms with Gasteiger partial charge in [0.05, 0.1) is 16.4 Å². The molecule has 2 rings (SSSR count). The van der Waals surface area contributed by atoms with E-state index in [0.717, 1.165) is 10.4 Å². The van der Waals surface area contributed by atoms with Gasteiger partial charge in [-0.3, -0.25) is 15.2 Å². The van der Waals surface area contributed by atoms with Crippen molar-refractivity contribution < 1.29 is 13.3 Å². The highest BCUT2D eigenvalue weighted by atomic mass is 32.2. The van der Waals surface area contributed by atoms with Gasteiger partial charge in [0.15, 0.2) is 0 Å². The van der Waals surface area contributed by atoms with E-state index in [2.05, 4.69) is 15.2 Å². The molecule has 1 aromatic carbocycles. The van der Waals surface area contributed by atoms with E-state index in [0.29, 0.717) is 11.4 Å². The number of rotatable bonds is 5. The summed E-state index contributed by atoms with van der Waals surface area (Å²) < 4.78 is 25.8. The van der Waals surface area contributed by atoms with Gasteiger partial charge in [-0.15, -0.1) is 0 Å². The molecule has 0 fully saturated rings. The number of hydrogen-bond acceptors (Lipinski definition) is 6. The Hall–Kier alpha value is -2.33. The minimum Gasteiger partial charge on any atom is -0.262 e. The molecule has 1 heterocycles. The van der Waals surface area contributed by atoms with Crippen LogP contribution in [0.25, 0.3) is 0 Å². The van der Waals surface area contributed by atoms with Gasteiger partial charge in [-0.25, -0.2) is 13.4 Å². The van der Waals surface area contributed by atoms with E-state index in [4.69, 9.17) is 0 Å². The minimum atomic E-state index is -3.85. The largest absolute Gasteiger partial charge is 0.273 e. The summed E-state index contributed by atoms with van der Waals surface area (Å²) in [5.41, 5.74) is 0.168. The number of aromatic nitrogens is 3. The first-order valence-corrected chi connectivity index (χ1v) is 7.32. The van der Waals surface area contributed by atoms with E-state index in [1.807, 2.05) is 0 Å². The first kappa shape index (κ1) is 15.1. The average molecular weight is 311 g/mol. The van der Waals surface area contributed by atoms with Gasteiger partial charge in [0.1, 0.15) is 12.2 Å². The van der Waals surface area contributed by atoms with Gasteiger partial charge >= 0.3 is 0 Å². The number of sulfonamides is 1. The number of aromatic amines is 1. The molecular formula is C11H13N5O4S. The highest BCUT2D eigenvalue weighted by Gasteiger charge is 2.24. The molecule has 10 heteroatoms. The van der Waals surface area contributed by atoms with Gasteiger partial charge in [0, 0.05) is 18.7 Å². The normalized spacial score (nSPS) is 11.8. The van der Waals surface area contributed by atoms with Gasteiger partial charge in [0.25, 0.3) is 5.69 Å². The SMILES string of the molecule is Cc1ccc(S(=O)(=O)N(C)Cc2ncn[nH]2)cc1[N+](=O)[O-]. The van der Waals surface area contributed by atoms with Crippen LogP contribution in [0.15, 0.2) is 29.4 Å². The number of benzene rings is 1. The van der Waals surface area contributed by atoms with E-state index < -0.39 is 14.9 Å². The molecule has 1 N–H and O–H groups in total. The van der Waals surface area contributed by atoms with Crippen LogP contribution in [0.4, 0.5) is 5.69 Å². The number of nitrogens with zero attached hydrogens (tertiary/aromatic N) is 4. The summed E-state index contributed by atoms with van der Waals surface area (Å²) in [6, 6.07) is 3.81. The van der Waals surface area contributed by atoms with Crippen LogP contribution in [0.5, 0.6) is 0 Å². The lowest BCUT2D eigenvalue weighted by molar-refractivity contribution is -0.385. The third-order valence-electron chi connectivity index (χ3n) is 2.92. The quantitative estimate of drug-likeness (QED) is 0.645. The lowest BCUT2D eigenvalue weighted by Crippen LogP contribution is -2.27. The van der Waals surface area contributed by atoms with Crippen molar-refractivity contribution in [3.05, 3.63) is 46.0 Å². The van der Waals surface area contributed by atoms with Crippen molar-refractivity contribution in [3.8, 4) is 0 Å². The second-order valence-electron chi connectivity index (χ2n) is 4.40. The summed E-state index contributed by atoms with van der Waals surface area (Å²) in [5.74, 6) is 0.377. The molecule has 0 aliphatic carbocycles. The predicted molar refractivity (Wildman–Crippen MR) is 72.9 cm³/mol. The van der Waals surface area contributed by atoms with Crippen LogP contribution in [0.3, 0.4) is 0 Å². The van der Waals surface area contributed by atoms with Crippen LogP contribution >= 0.6 is 0 Å². The molecule has 112 valence electrons. The summed E-state index contributed by atoms with van der Waals surface area (Å²) in [7, 11) is -2.48. The first-order chi connectivity index (χ1) is 9.82. The van der Waals surface area contributed by atoms with E-state index in [-0.39, 0.29) is 17.1 Å². The van der Waals surface area contributed by atoms with E-state index >= 15 is 0 Å². The lowest BCUT2D eigenvalue weighted by Gasteiger charge is -2.15. The predicted octanol–water partition coefficient (Wildman–Crippen LogP) is 0.842. The van der Waals surface area contributed by atoms with Gasteiger partial charge in [-0.1, -0.05) is 6.07 Å². The second-order valence-corrected chi connectivity index (χ2v) is 6.44. The molecule has 21 heavy (non-hydrogen) atoms. The number of nitrogens with one attached hydrogen (secondary N) is 1. The Labute approximate surface area is 120 Å². The molecule has 0 radical (unpaired) electrons. The first-order valence-electron chi connectivity index (χ1n) is 5.88. The zero-order valence-electron chi connectivity index (χ0n) is 11.3. The number of nitro benzene ring substituents is 1. The van der Waals surface area contributed by atoms with Crippen molar-refractivity contribution in [2.75, 3.05) is 7.05 Å². The molecule has 0 aliphatic rings. The topological polar surface area (TPSA) is 122 Å². The zero-order chi connectivity index (χ0) is 15.6. The molecule has 0 saturated heterocycles. The van der Waals surface area contributed by atoms with Crippen LogP contribution in [-0.4, -0.2) is 39.9 Å². The molecule has 0 saturated carbocycles. The average Bonchev–Trinajstić information content (AvgIpc) is 2.91. The van der Waals surface area contributed by atoms with Gasteiger partial charge < -0.3 is 0 Å². The molecule has 0 unspecified atom stereocenters. The molecule has 0 amide bonds. The Balaban J connectivity index is 2.35. The zero-order valence-corrected chi connectivity index (χ0v) is 12.2. The molecule has 2 aromatic rings. The maximum Gasteiger partial charge on any atom is 0.273 e. The van der Waals surface area contributed by atoms with Crippen molar-refractivity contribution in [1.82, 2.24) is 19.5 Å². The van der Waals surface area contributed by atoms with Crippen molar-refractivity contribution in [1.29, 1.82) is 0 Å². The highest BCUT2D eigenvalue weighted by Crippen LogP contribution is 2.24. The Morgan fingerprint density at radius 3 is 2.71 bits per heavy atom. The van der Waals surface area contributed by atoms with Gasteiger partial charge in [-0.2, -0.15) is 9.40 Å². The fourth-order valence-corrected chi connectivity index (χ4v) is 2.88. The molecule has 1 aromatic heterocycles. The maximum atomic E-state index is 12.4. The summed E-state index contributed by atoms with van der Waals surface area (Å²) in [4.78, 5) is 14.0. The molecule has 0 atom stereocenters. The molecule has 9 nitrogen and oxygen atoms in total. The molecule has 0 spiro atoms. The van der Waals surface area contributed by atoms with E-state index in [1.165, 1.54) is 25.5 Å². The van der Waals surface area contributed by atoms with E-state index in [1.54, 1.807) is 6.92 Å². The highest BCUT2D eigenvalue weighted by molar-refractivity contribution is 7.89. The van der Waals surface area contributed by atoms with Crippen molar-refractivity contribution in [3.63, 3.8) is 0 Å².